The Morgan fingerprint density at radius 2 is 1.60 bits per heavy atom. The van der Waals surface area contributed by atoms with Crippen molar-refractivity contribution in [3.63, 3.8) is 0 Å². The van der Waals surface area contributed by atoms with Gasteiger partial charge in [0.25, 0.3) is 5.91 Å². The lowest BCUT2D eigenvalue weighted by Crippen LogP contribution is -2.40. The van der Waals surface area contributed by atoms with Gasteiger partial charge in [0.05, 0.1) is 29.6 Å². The molecule has 9 nitrogen and oxygen atoms in total. The van der Waals surface area contributed by atoms with Crippen molar-refractivity contribution >= 4 is 46.5 Å². The van der Waals surface area contributed by atoms with Gasteiger partial charge in [0.2, 0.25) is 5.91 Å². The number of hydrogen-bond donors (Lipinski definition) is 3. The monoisotopic (exact) mass is 637 g/mol. The molecule has 3 aromatic rings. The Morgan fingerprint density at radius 1 is 0.933 bits per heavy atom. The first-order valence-electron chi connectivity index (χ1n) is 15.1. The number of benzene rings is 3. The summed E-state index contributed by atoms with van der Waals surface area (Å²) in [5.41, 5.74) is 2.51. The summed E-state index contributed by atoms with van der Waals surface area (Å²) in [7, 11) is 0. The zero-order valence-corrected chi connectivity index (χ0v) is 26.8. The number of hydrogen-bond acceptors (Lipinski definition) is 5. The first-order valence-corrected chi connectivity index (χ1v) is 15.4. The molecule has 1 saturated heterocycles. The van der Waals surface area contributed by atoms with E-state index in [4.69, 9.17) is 16.3 Å². The summed E-state index contributed by atoms with van der Waals surface area (Å²) in [4.78, 5) is 42.9. The van der Waals surface area contributed by atoms with E-state index in [0.29, 0.717) is 55.3 Å². The molecule has 11 heteroatoms. The van der Waals surface area contributed by atoms with Crippen LogP contribution in [0.1, 0.15) is 49.5 Å². The Morgan fingerprint density at radius 3 is 2.24 bits per heavy atom. The number of halogens is 2. The lowest BCUT2D eigenvalue weighted by molar-refractivity contribution is -0.117. The van der Waals surface area contributed by atoms with Crippen LogP contribution in [0.2, 0.25) is 5.02 Å². The van der Waals surface area contributed by atoms with Crippen LogP contribution in [0.4, 0.5) is 26.2 Å². The predicted molar refractivity (Wildman–Crippen MR) is 176 cm³/mol. The molecule has 240 valence electrons. The highest BCUT2D eigenvalue weighted by Crippen LogP contribution is 2.25. The molecule has 0 aromatic heterocycles. The van der Waals surface area contributed by atoms with Crippen molar-refractivity contribution in [2.45, 2.75) is 40.2 Å². The molecule has 4 rings (SSSR count). The van der Waals surface area contributed by atoms with Crippen LogP contribution in [0, 0.1) is 11.2 Å². The second-order valence-corrected chi connectivity index (χ2v) is 12.7. The highest BCUT2D eigenvalue weighted by molar-refractivity contribution is 6.31. The van der Waals surface area contributed by atoms with Gasteiger partial charge in [-0.25, -0.2) is 9.18 Å². The standard InChI is InChI=1S/C34H41ClFN5O4/c1-34(2,3)22-31(42)38-29-7-4-5-8-30(29)39-32(43)25-11-9-24(10-12-25)23-41(16-6-15-40-17-19-45-20-18-40)33(44)37-26-13-14-28(36)27(35)21-26/h4-5,7-14,21H,6,15-20,22-23H2,1-3H3,(H,37,44)(H,38,42)(H,39,43). The summed E-state index contributed by atoms with van der Waals surface area (Å²) in [6.45, 7) is 10.7. The molecular weight excluding hydrogens is 597 g/mol. The molecule has 0 saturated carbocycles. The quantitative estimate of drug-likeness (QED) is 0.213. The van der Waals surface area contributed by atoms with E-state index in [-0.39, 0.29) is 28.3 Å². The molecule has 0 aliphatic carbocycles. The Bertz CT molecular complexity index is 1470. The maximum Gasteiger partial charge on any atom is 0.322 e. The maximum atomic E-state index is 13.6. The zero-order chi connectivity index (χ0) is 32.4. The van der Waals surface area contributed by atoms with Gasteiger partial charge in [-0.3, -0.25) is 14.5 Å². The minimum atomic E-state index is -0.560. The van der Waals surface area contributed by atoms with Crippen molar-refractivity contribution in [1.29, 1.82) is 0 Å². The van der Waals surface area contributed by atoms with Gasteiger partial charge in [0.15, 0.2) is 0 Å². The first-order chi connectivity index (χ1) is 21.5. The van der Waals surface area contributed by atoms with Gasteiger partial charge in [-0.05, 0) is 59.9 Å². The molecule has 0 bridgehead atoms. The fourth-order valence-corrected chi connectivity index (χ4v) is 5.07. The van der Waals surface area contributed by atoms with Crippen molar-refractivity contribution < 1.29 is 23.5 Å². The lowest BCUT2D eigenvalue weighted by atomic mass is 9.92. The smallest absolute Gasteiger partial charge is 0.322 e. The van der Waals surface area contributed by atoms with Crippen LogP contribution in [0.25, 0.3) is 0 Å². The van der Waals surface area contributed by atoms with Crippen LogP contribution in [-0.4, -0.2) is 67.0 Å². The van der Waals surface area contributed by atoms with E-state index in [9.17, 15) is 18.8 Å². The minimum absolute atomic E-state index is 0.0737. The van der Waals surface area contributed by atoms with Crippen LogP contribution in [-0.2, 0) is 16.1 Å². The SMILES string of the molecule is CC(C)(C)CC(=O)Nc1ccccc1NC(=O)c1ccc(CN(CCCN2CCOCC2)C(=O)Nc2ccc(F)c(Cl)c2)cc1. The third-order valence-corrected chi connectivity index (χ3v) is 7.48. The fraction of sp³-hybridized carbons (Fsp3) is 0.382. The third-order valence-electron chi connectivity index (χ3n) is 7.19. The predicted octanol–water partition coefficient (Wildman–Crippen LogP) is 6.86. The largest absolute Gasteiger partial charge is 0.379 e. The van der Waals surface area contributed by atoms with E-state index in [1.165, 1.54) is 18.2 Å². The van der Waals surface area contributed by atoms with Crippen LogP contribution in [0.15, 0.2) is 66.7 Å². The third kappa shape index (κ3) is 10.8. The number of carbonyl (C=O) groups is 3. The summed E-state index contributed by atoms with van der Waals surface area (Å²) < 4.78 is 19.1. The summed E-state index contributed by atoms with van der Waals surface area (Å²) in [5, 5.41) is 8.52. The molecule has 1 heterocycles. The number of urea groups is 1. The molecule has 0 atom stereocenters. The molecule has 4 amide bonds. The average molecular weight is 638 g/mol. The van der Waals surface area contributed by atoms with Crippen LogP contribution in [0.3, 0.4) is 0 Å². The highest BCUT2D eigenvalue weighted by Gasteiger charge is 2.19. The number of morpholine rings is 1. The zero-order valence-electron chi connectivity index (χ0n) is 26.0. The molecule has 0 radical (unpaired) electrons. The van der Waals surface area contributed by atoms with Gasteiger partial charge in [0, 0.05) is 50.4 Å². The number of amides is 4. The molecule has 0 unspecified atom stereocenters. The molecule has 1 aliphatic rings. The van der Waals surface area contributed by atoms with Gasteiger partial charge in [-0.1, -0.05) is 56.6 Å². The Hall–Kier alpha value is -3.99. The number of para-hydroxylation sites is 2. The lowest BCUT2D eigenvalue weighted by Gasteiger charge is -2.28. The Balaban J connectivity index is 1.41. The molecule has 1 fully saturated rings. The molecule has 45 heavy (non-hydrogen) atoms. The highest BCUT2D eigenvalue weighted by atomic mass is 35.5. The van der Waals surface area contributed by atoms with E-state index < -0.39 is 5.82 Å². The number of anilines is 3. The van der Waals surface area contributed by atoms with Gasteiger partial charge >= 0.3 is 6.03 Å². The number of nitrogens with one attached hydrogen (secondary N) is 3. The van der Waals surface area contributed by atoms with Crippen molar-refractivity contribution in [3.05, 3.63) is 88.7 Å². The van der Waals surface area contributed by atoms with Crippen LogP contribution in [0.5, 0.6) is 0 Å². The minimum Gasteiger partial charge on any atom is -0.379 e. The second kappa shape index (κ2) is 15.8. The summed E-state index contributed by atoms with van der Waals surface area (Å²) >= 11 is 5.91. The molecule has 0 spiro atoms. The summed E-state index contributed by atoms with van der Waals surface area (Å²) in [6.07, 6.45) is 1.10. The number of nitrogens with zero attached hydrogens (tertiary/aromatic N) is 2. The van der Waals surface area contributed by atoms with Crippen molar-refractivity contribution in [1.82, 2.24) is 9.80 Å². The molecule has 3 N–H and O–H groups in total. The van der Waals surface area contributed by atoms with E-state index >= 15 is 0 Å². The molecule has 3 aromatic carbocycles. The van der Waals surface area contributed by atoms with Crippen molar-refractivity contribution in [2.24, 2.45) is 5.41 Å². The van der Waals surface area contributed by atoms with Gasteiger partial charge in [0.1, 0.15) is 5.82 Å². The van der Waals surface area contributed by atoms with Crippen LogP contribution >= 0.6 is 11.6 Å². The van der Waals surface area contributed by atoms with E-state index in [0.717, 1.165) is 31.6 Å². The first kappa shape index (κ1) is 33.9. The Kier molecular flexibility index (Phi) is 11.9. The van der Waals surface area contributed by atoms with E-state index in [1.807, 2.05) is 32.9 Å². The Labute approximate surface area is 269 Å². The molecular formula is C34H41ClFN5O4. The number of ether oxygens (including phenoxy) is 1. The van der Waals surface area contributed by atoms with Gasteiger partial charge in [-0.15, -0.1) is 0 Å². The number of carbonyl (C=O) groups excluding carboxylic acids is 3. The van der Waals surface area contributed by atoms with E-state index in [1.54, 1.807) is 41.3 Å². The molecule has 1 aliphatic heterocycles. The van der Waals surface area contributed by atoms with Gasteiger partial charge in [-0.2, -0.15) is 0 Å². The van der Waals surface area contributed by atoms with Crippen LogP contribution < -0.4 is 16.0 Å². The fourth-order valence-electron chi connectivity index (χ4n) is 4.89. The van der Waals surface area contributed by atoms with Crippen molar-refractivity contribution in [3.8, 4) is 0 Å². The average Bonchev–Trinajstić information content (AvgIpc) is 2.99. The van der Waals surface area contributed by atoms with E-state index in [2.05, 4.69) is 20.9 Å². The summed E-state index contributed by atoms with van der Waals surface area (Å²) in [6, 6.07) is 17.8. The summed E-state index contributed by atoms with van der Waals surface area (Å²) in [5.74, 6) is -1.02. The normalized spacial score (nSPS) is 13.6. The maximum absolute atomic E-state index is 13.6. The number of rotatable bonds is 11. The topological polar surface area (TPSA) is 103 Å². The second-order valence-electron chi connectivity index (χ2n) is 12.3. The van der Waals surface area contributed by atoms with Crippen molar-refractivity contribution in [2.75, 3.05) is 55.3 Å². The van der Waals surface area contributed by atoms with Gasteiger partial charge < -0.3 is 25.6 Å².